The van der Waals surface area contributed by atoms with Crippen molar-refractivity contribution in [3.63, 3.8) is 0 Å². The zero-order valence-corrected chi connectivity index (χ0v) is 8.91. The van der Waals surface area contributed by atoms with Crippen molar-refractivity contribution in [1.29, 1.82) is 0 Å². The summed E-state index contributed by atoms with van der Waals surface area (Å²) < 4.78 is 0. The number of amides is 2. The first kappa shape index (κ1) is 11.8. The van der Waals surface area contributed by atoms with Crippen molar-refractivity contribution in [2.45, 2.75) is 6.42 Å². The molecule has 4 nitrogen and oxygen atoms in total. The fraction of sp³-hybridized carbons (Fsp3) is 0.167. The van der Waals surface area contributed by atoms with Crippen LogP contribution < -0.4 is 11.1 Å². The molecule has 3 N–H and O–H groups in total. The Morgan fingerprint density at radius 3 is 2.44 bits per heavy atom. The molecular weight excluding hydrogens is 204 g/mol. The van der Waals surface area contributed by atoms with Crippen molar-refractivity contribution < 1.29 is 9.59 Å². The molecule has 0 bridgehead atoms. The van der Waals surface area contributed by atoms with Gasteiger partial charge in [0.05, 0.1) is 6.42 Å². The molecule has 0 aliphatic rings. The number of carbonyl (C=O) groups is 2. The lowest BCUT2D eigenvalue weighted by atomic mass is 10.1. The number of benzene rings is 1. The Hall–Kier alpha value is -2.28. The summed E-state index contributed by atoms with van der Waals surface area (Å²) in [5.74, 6) is 4.82. The Bertz CT molecular complexity index is 452. The van der Waals surface area contributed by atoms with Gasteiger partial charge >= 0.3 is 0 Å². The van der Waals surface area contributed by atoms with Crippen LogP contribution in [0, 0.1) is 11.8 Å². The van der Waals surface area contributed by atoms with Gasteiger partial charge in [0.25, 0.3) is 5.91 Å². The average Bonchev–Trinajstić information content (AvgIpc) is 2.28. The predicted molar refractivity (Wildman–Crippen MR) is 60.5 cm³/mol. The number of rotatable bonds is 2. The average molecular weight is 216 g/mol. The highest BCUT2D eigenvalue weighted by Crippen LogP contribution is 2.02. The smallest absolute Gasteiger partial charge is 0.251 e. The van der Waals surface area contributed by atoms with E-state index in [0.29, 0.717) is 5.56 Å². The Morgan fingerprint density at radius 1 is 1.31 bits per heavy atom. The highest BCUT2D eigenvalue weighted by atomic mass is 16.1. The lowest BCUT2D eigenvalue weighted by Crippen LogP contribution is -2.17. The maximum atomic E-state index is 11.2. The van der Waals surface area contributed by atoms with Crippen LogP contribution in [0.1, 0.15) is 22.3 Å². The van der Waals surface area contributed by atoms with E-state index in [4.69, 9.17) is 5.73 Å². The molecule has 0 fully saturated rings. The van der Waals surface area contributed by atoms with Gasteiger partial charge in [0.1, 0.15) is 0 Å². The maximum absolute atomic E-state index is 11.2. The molecule has 82 valence electrons. The Kier molecular flexibility index (Phi) is 4.10. The van der Waals surface area contributed by atoms with E-state index in [2.05, 4.69) is 17.2 Å². The van der Waals surface area contributed by atoms with Gasteiger partial charge < -0.3 is 11.1 Å². The number of hydrogen-bond donors (Lipinski definition) is 2. The lowest BCUT2D eigenvalue weighted by molar-refractivity contribution is -0.117. The van der Waals surface area contributed by atoms with Crippen LogP contribution in [-0.4, -0.2) is 18.9 Å². The quantitative estimate of drug-likeness (QED) is 0.697. The number of nitrogens with one attached hydrogen (secondary N) is 1. The molecule has 0 unspecified atom stereocenters. The summed E-state index contributed by atoms with van der Waals surface area (Å²) in [5, 5.41) is 2.52. The standard InChI is InChI=1S/C12H12N2O2/c1-14-12(16)10-7-5-9(6-8-10)3-2-4-11(13)15/h5-8H,4H2,1H3,(H2,13,15)(H,14,16). The van der Waals surface area contributed by atoms with E-state index in [1.54, 1.807) is 31.3 Å². The molecule has 2 amide bonds. The fourth-order valence-corrected chi connectivity index (χ4v) is 1.08. The monoisotopic (exact) mass is 216 g/mol. The number of carbonyl (C=O) groups excluding carboxylic acids is 2. The van der Waals surface area contributed by atoms with Crippen LogP contribution in [0.4, 0.5) is 0 Å². The molecule has 16 heavy (non-hydrogen) atoms. The molecule has 0 spiro atoms. The van der Waals surface area contributed by atoms with Crippen molar-refractivity contribution in [2.24, 2.45) is 5.73 Å². The Morgan fingerprint density at radius 2 is 1.94 bits per heavy atom. The zero-order chi connectivity index (χ0) is 12.0. The summed E-state index contributed by atoms with van der Waals surface area (Å²) in [6.07, 6.45) is 0.0389. The second-order valence-electron chi connectivity index (χ2n) is 3.10. The van der Waals surface area contributed by atoms with Crippen molar-refractivity contribution in [3.8, 4) is 11.8 Å². The highest BCUT2D eigenvalue weighted by molar-refractivity contribution is 5.94. The molecule has 1 aromatic carbocycles. The summed E-state index contributed by atoms with van der Waals surface area (Å²) in [7, 11) is 1.57. The lowest BCUT2D eigenvalue weighted by Gasteiger charge is -1.98. The SMILES string of the molecule is CNC(=O)c1ccc(C#CCC(N)=O)cc1. The minimum absolute atomic E-state index is 0.0389. The number of primary amides is 1. The molecule has 0 saturated heterocycles. The van der Waals surface area contributed by atoms with Gasteiger partial charge in [-0.15, -0.1) is 0 Å². The van der Waals surface area contributed by atoms with Crippen LogP contribution >= 0.6 is 0 Å². The first-order valence-corrected chi connectivity index (χ1v) is 4.73. The van der Waals surface area contributed by atoms with Gasteiger partial charge in [-0.2, -0.15) is 0 Å². The van der Waals surface area contributed by atoms with Crippen molar-refractivity contribution >= 4 is 11.8 Å². The van der Waals surface area contributed by atoms with Gasteiger partial charge in [-0.25, -0.2) is 0 Å². The second-order valence-corrected chi connectivity index (χ2v) is 3.10. The van der Waals surface area contributed by atoms with E-state index in [9.17, 15) is 9.59 Å². The highest BCUT2D eigenvalue weighted by Gasteiger charge is 2.00. The Balaban J connectivity index is 2.74. The van der Waals surface area contributed by atoms with Gasteiger partial charge in [0.15, 0.2) is 0 Å². The van der Waals surface area contributed by atoms with Crippen molar-refractivity contribution in [2.75, 3.05) is 7.05 Å². The van der Waals surface area contributed by atoms with Gasteiger partial charge in [-0.05, 0) is 24.3 Å². The van der Waals surface area contributed by atoms with Gasteiger partial charge in [0, 0.05) is 18.2 Å². The summed E-state index contributed by atoms with van der Waals surface area (Å²) in [5.41, 5.74) is 6.26. The molecule has 0 aliphatic carbocycles. The van der Waals surface area contributed by atoms with Crippen molar-refractivity contribution in [1.82, 2.24) is 5.32 Å². The van der Waals surface area contributed by atoms with Crippen molar-refractivity contribution in [3.05, 3.63) is 35.4 Å². The van der Waals surface area contributed by atoms with E-state index in [-0.39, 0.29) is 12.3 Å². The third-order valence-electron chi connectivity index (χ3n) is 1.87. The molecule has 0 atom stereocenters. The fourth-order valence-electron chi connectivity index (χ4n) is 1.08. The summed E-state index contributed by atoms with van der Waals surface area (Å²) >= 11 is 0. The normalized spacial score (nSPS) is 8.81. The van der Waals surface area contributed by atoms with E-state index in [1.807, 2.05) is 0 Å². The molecule has 4 heteroatoms. The molecule has 0 saturated carbocycles. The second kappa shape index (κ2) is 5.56. The van der Waals surface area contributed by atoms with E-state index >= 15 is 0 Å². The van der Waals surface area contributed by atoms with Crippen LogP contribution in [0.25, 0.3) is 0 Å². The Labute approximate surface area is 93.8 Å². The third kappa shape index (κ3) is 3.46. The molecule has 0 aromatic heterocycles. The van der Waals surface area contributed by atoms with E-state index in [1.165, 1.54) is 0 Å². The summed E-state index contributed by atoms with van der Waals surface area (Å²) in [4.78, 5) is 21.7. The molecule has 0 aliphatic heterocycles. The number of nitrogens with two attached hydrogens (primary N) is 1. The largest absolute Gasteiger partial charge is 0.369 e. The van der Waals surface area contributed by atoms with Gasteiger partial charge in [-0.3, -0.25) is 9.59 Å². The third-order valence-corrected chi connectivity index (χ3v) is 1.87. The first-order valence-electron chi connectivity index (χ1n) is 4.73. The number of hydrogen-bond acceptors (Lipinski definition) is 2. The first-order chi connectivity index (χ1) is 7.63. The van der Waals surface area contributed by atoms with Crippen LogP contribution in [-0.2, 0) is 4.79 Å². The predicted octanol–water partition coefficient (Wildman–Crippen LogP) is 0.273. The minimum Gasteiger partial charge on any atom is -0.369 e. The minimum atomic E-state index is -0.450. The topological polar surface area (TPSA) is 72.2 Å². The van der Waals surface area contributed by atoms with E-state index < -0.39 is 5.91 Å². The maximum Gasteiger partial charge on any atom is 0.251 e. The zero-order valence-electron chi connectivity index (χ0n) is 8.91. The molecular formula is C12H12N2O2. The van der Waals surface area contributed by atoms with Gasteiger partial charge in [-0.1, -0.05) is 11.8 Å². The van der Waals surface area contributed by atoms with Crippen LogP contribution in [0.3, 0.4) is 0 Å². The van der Waals surface area contributed by atoms with Gasteiger partial charge in [0.2, 0.25) is 5.91 Å². The summed E-state index contributed by atoms with van der Waals surface area (Å²) in [6, 6.07) is 6.79. The van der Waals surface area contributed by atoms with Crippen LogP contribution in [0.5, 0.6) is 0 Å². The van der Waals surface area contributed by atoms with Crippen LogP contribution in [0.2, 0.25) is 0 Å². The molecule has 0 heterocycles. The molecule has 1 rings (SSSR count). The molecule has 1 aromatic rings. The summed E-state index contributed by atoms with van der Waals surface area (Å²) in [6.45, 7) is 0. The van der Waals surface area contributed by atoms with Crippen LogP contribution in [0.15, 0.2) is 24.3 Å². The molecule has 0 radical (unpaired) electrons. The van der Waals surface area contributed by atoms with E-state index in [0.717, 1.165) is 5.56 Å².